The molecule has 0 fully saturated rings. The number of fused-ring (bicyclic) bond motifs is 1. The number of nitrogens with one attached hydrogen (secondary N) is 1. The molecule has 2 heterocycles. The minimum atomic E-state index is -0.591. The first-order valence-electron chi connectivity index (χ1n) is 10.2. The van der Waals surface area contributed by atoms with Crippen LogP contribution in [0.2, 0.25) is 0 Å². The zero-order valence-electron chi connectivity index (χ0n) is 17.6. The quantitative estimate of drug-likeness (QED) is 0.597. The van der Waals surface area contributed by atoms with E-state index in [-0.39, 0.29) is 17.0 Å². The number of methoxy groups -OCH3 is 1. The number of halogens is 1. The normalized spacial score (nSPS) is 15.2. The van der Waals surface area contributed by atoms with Crippen LogP contribution >= 0.6 is 0 Å². The summed E-state index contributed by atoms with van der Waals surface area (Å²) in [5, 5.41) is 3.07. The second kappa shape index (κ2) is 8.31. The van der Waals surface area contributed by atoms with E-state index in [9.17, 15) is 14.0 Å². The minimum absolute atomic E-state index is 0.0751. The Labute approximate surface area is 189 Å². The predicted octanol–water partition coefficient (Wildman–Crippen LogP) is 4.00. The van der Waals surface area contributed by atoms with Gasteiger partial charge in [-0.05, 0) is 48.0 Å². The Morgan fingerprint density at radius 3 is 2.39 bits per heavy atom. The third kappa shape index (κ3) is 3.76. The number of ether oxygens (including phenoxy) is 3. The van der Waals surface area contributed by atoms with Crippen LogP contribution in [-0.2, 0) is 9.59 Å². The van der Waals surface area contributed by atoms with Crippen molar-refractivity contribution in [1.82, 2.24) is 0 Å². The van der Waals surface area contributed by atoms with E-state index in [2.05, 4.69) is 5.32 Å². The van der Waals surface area contributed by atoms with Crippen LogP contribution in [0, 0.1) is 5.82 Å². The number of carbonyl (C=O) groups excluding carboxylic acids is 2. The first kappa shape index (κ1) is 20.6. The van der Waals surface area contributed by atoms with Gasteiger partial charge in [-0.3, -0.25) is 9.59 Å². The van der Waals surface area contributed by atoms with Crippen molar-refractivity contribution in [2.24, 2.45) is 0 Å². The molecule has 0 saturated heterocycles. The van der Waals surface area contributed by atoms with Gasteiger partial charge in [0.15, 0.2) is 11.5 Å². The lowest BCUT2D eigenvalue weighted by Gasteiger charge is -2.19. The standard InChI is InChI=1S/C25H19FN2O5/c1-31-19-8-5-15(6-9-19)22-23(27-17-7-10-20-21(14-17)33-12-11-32-20)25(30)28(24(22)29)18-4-2-3-16(26)13-18/h2-10,13-14,27H,11-12H2,1H3. The summed E-state index contributed by atoms with van der Waals surface area (Å²) in [5.41, 5.74) is 1.46. The molecule has 0 atom stereocenters. The monoisotopic (exact) mass is 446 g/mol. The maximum Gasteiger partial charge on any atom is 0.282 e. The first-order valence-corrected chi connectivity index (χ1v) is 10.2. The summed E-state index contributed by atoms with van der Waals surface area (Å²) in [6.45, 7) is 0.878. The van der Waals surface area contributed by atoms with Crippen molar-refractivity contribution in [3.63, 3.8) is 0 Å². The van der Waals surface area contributed by atoms with E-state index < -0.39 is 17.6 Å². The molecule has 7 nitrogen and oxygen atoms in total. The maximum absolute atomic E-state index is 13.9. The van der Waals surface area contributed by atoms with Crippen LogP contribution in [0.4, 0.5) is 15.8 Å². The van der Waals surface area contributed by atoms with E-state index in [0.29, 0.717) is 41.7 Å². The number of carbonyl (C=O) groups is 2. The van der Waals surface area contributed by atoms with E-state index >= 15 is 0 Å². The molecule has 0 spiro atoms. The van der Waals surface area contributed by atoms with Crippen molar-refractivity contribution in [3.05, 3.63) is 83.8 Å². The van der Waals surface area contributed by atoms with Gasteiger partial charge in [-0.25, -0.2) is 9.29 Å². The number of imide groups is 1. The number of benzene rings is 3. The predicted molar refractivity (Wildman–Crippen MR) is 120 cm³/mol. The minimum Gasteiger partial charge on any atom is -0.497 e. The van der Waals surface area contributed by atoms with Gasteiger partial charge in [-0.1, -0.05) is 18.2 Å². The number of anilines is 2. The van der Waals surface area contributed by atoms with Gasteiger partial charge in [0.1, 0.15) is 30.5 Å². The molecular formula is C25H19FN2O5. The van der Waals surface area contributed by atoms with Crippen LogP contribution in [-0.4, -0.2) is 32.1 Å². The molecule has 2 aliphatic rings. The molecule has 3 aromatic carbocycles. The van der Waals surface area contributed by atoms with Gasteiger partial charge in [-0.15, -0.1) is 0 Å². The van der Waals surface area contributed by atoms with Gasteiger partial charge in [-0.2, -0.15) is 0 Å². The van der Waals surface area contributed by atoms with Crippen molar-refractivity contribution >= 4 is 28.8 Å². The van der Waals surface area contributed by atoms with Gasteiger partial charge in [0.05, 0.1) is 18.4 Å². The van der Waals surface area contributed by atoms with Crippen LogP contribution in [0.15, 0.2) is 72.4 Å². The van der Waals surface area contributed by atoms with Gasteiger partial charge in [0.2, 0.25) is 0 Å². The van der Waals surface area contributed by atoms with Crippen LogP contribution in [0.25, 0.3) is 5.57 Å². The summed E-state index contributed by atoms with van der Waals surface area (Å²) in [7, 11) is 1.54. The van der Waals surface area contributed by atoms with E-state index in [1.54, 1.807) is 49.6 Å². The fourth-order valence-electron chi connectivity index (χ4n) is 3.79. The Kier molecular flexibility index (Phi) is 5.18. The van der Waals surface area contributed by atoms with Crippen molar-refractivity contribution in [2.45, 2.75) is 0 Å². The third-order valence-electron chi connectivity index (χ3n) is 5.34. The summed E-state index contributed by atoms with van der Waals surface area (Å²) in [6, 6.07) is 17.3. The molecule has 166 valence electrons. The molecule has 0 unspecified atom stereocenters. The van der Waals surface area contributed by atoms with Crippen molar-refractivity contribution in [2.75, 3.05) is 30.5 Å². The third-order valence-corrected chi connectivity index (χ3v) is 5.34. The molecule has 33 heavy (non-hydrogen) atoms. The number of hydrogen-bond acceptors (Lipinski definition) is 6. The highest BCUT2D eigenvalue weighted by atomic mass is 19.1. The summed E-state index contributed by atoms with van der Waals surface area (Å²) in [4.78, 5) is 27.8. The zero-order valence-corrected chi connectivity index (χ0v) is 17.6. The molecule has 2 aliphatic heterocycles. The molecular weight excluding hydrogens is 427 g/mol. The summed E-state index contributed by atoms with van der Waals surface area (Å²) >= 11 is 0. The van der Waals surface area contributed by atoms with E-state index in [0.717, 1.165) is 11.0 Å². The van der Waals surface area contributed by atoms with E-state index in [1.165, 1.54) is 18.2 Å². The average Bonchev–Trinajstić information content (AvgIpc) is 3.08. The molecule has 5 rings (SSSR count). The first-order chi connectivity index (χ1) is 16.0. The fourth-order valence-corrected chi connectivity index (χ4v) is 3.79. The molecule has 0 radical (unpaired) electrons. The average molecular weight is 446 g/mol. The van der Waals surface area contributed by atoms with Crippen LogP contribution in [0.1, 0.15) is 5.56 Å². The van der Waals surface area contributed by atoms with E-state index in [4.69, 9.17) is 14.2 Å². The number of nitrogens with zero attached hydrogens (tertiary/aromatic N) is 1. The topological polar surface area (TPSA) is 77.1 Å². The van der Waals surface area contributed by atoms with Gasteiger partial charge >= 0.3 is 0 Å². The highest BCUT2D eigenvalue weighted by Crippen LogP contribution is 2.37. The summed E-state index contributed by atoms with van der Waals surface area (Å²) in [6.07, 6.45) is 0. The lowest BCUT2D eigenvalue weighted by atomic mass is 10.0. The molecule has 0 saturated carbocycles. The molecule has 0 aliphatic carbocycles. The highest BCUT2D eigenvalue weighted by molar-refractivity contribution is 6.46. The fraction of sp³-hybridized carbons (Fsp3) is 0.120. The Morgan fingerprint density at radius 2 is 1.67 bits per heavy atom. The Bertz CT molecular complexity index is 1290. The molecule has 3 aromatic rings. The Hall–Kier alpha value is -4.33. The SMILES string of the molecule is COc1ccc(C2=C(Nc3ccc4c(c3)OCCO4)C(=O)N(c3cccc(F)c3)C2=O)cc1. The lowest BCUT2D eigenvalue weighted by Crippen LogP contribution is -2.32. The van der Waals surface area contributed by atoms with E-state index in [1.807, 2.05) is 0 Å². The summed E-state index contributed by atoms with van der Waals surface area (Å²) < 4.78 is 30.2. The van der Waals surface area contributed by atoms with Crippen molar-refractivity contribution in [1.29, 1.82) is 0 Å². The molecule has 2 amide bonds. The second-order valence-corrected chi connectivity index (χ2v) is 7.39. The van der Waals surface area contributed by atoms with Crippen molar-refractivity contribution < 1.29 is 28.2 Å². The zero-order chi connectivity index (χ0) is 22.9. The van der Waals surface area contributed by atoms with Gasteiger partial charge in [0.25, 0.3) is 11.8 Å². The number of rotatable bonds is 5. The largest absolute Gasteiger partial charge is 0.497 e. The Morgan fingerprint density at radius 1 is 0.909 bits per heavy atom. The second-order valence-electron chi connectivity index (χ2n) is 7.39. The molecule has 1 N–H and O–H groups in total. The molecule has 8 heteroatoms. The van der Waals surface area contributed by atoms with Gasteiger partial charge in [0, 0.05) is 11.8 Å². The summed E-state index contributed by atoms with van der Waals surface area (Å²) in [5.74, 6) is 0.0527. The smallest absolute Gasteiger partial charge is 0.282 e. The van der Waals surface area contributed by atoms with Crippen LogP contribution < -0.4 is 24.4 Å². The van der Waals surface area contributed by atoms with Crippen LogP contribution in [0.5, 0.6) is 17.2 Å². The molecule has 0 bridgehead atoms. The van der Waals surface area contributed by atoms with Gasteiger partial charge < -0.3 is 19.5 Å². The highest BCUT2D eigenvalue weighted by Gasteiger charge is 2.40. The lowest BCUT2D eigenvalue weighted by molar-refractivity contribution is -0.120. The Balaban J connectivity index is 1.58. The maximum atomic E-state index is 13.9. The number of hydrogen-bond donors (Lipinski definition) is 1. The van der Waals surface area contributed by atoms with Crippen molar-refractivity contribution in [3.8, 4) is 17.2 Å². The molecule has 0 aromatic heterocycles. The van der Waals surface area contributed by atoms with Crippen LogP contribution in [0.3, 0.4) is 0 Å². The number of amides is 2.